The van der Waals surface area contributed by atoms with Crippen molar-refractivity contribution in [1.29, 1.82) is 0 Å². The Kier molecular flexibility index (Phi) is 5.67. The number of thioether (sulfide) groups is 1. The first kappa shape index (κ1) is 19.4. The first-order valence-corrected chi connectivity index (χ1v) is 10.6. The largest absolute Gasteiger partial charge is 0.372 e. The molecule has 0 saturated carbocycles. The topological polar surface area (TPSA) is 40.6 Å². The highest BCUT2D eigenvalue weighted by Crippen LogP contribution is 2.35. The van der Waals surface area contributed by atoms with Gasteiger partial charge < -0.3 is 4.90 Å². The zero-order valence-corrected chi connectivity index (χ0v) is 17.4. The number of nitrogens with zero attached hydrogens (tertiary/aromatic N) is 2. The van der Waals surface area contributed by atoms with Crippen molar-refractivity contribution in [3.05, 3.63) is 68.5 Å². The molecule has 2 aromatic rings. The molecule has 0 aliphatic carbocycles. The van der Waals surface area contributed by atoms with Gasteiger partial charge in [-0.1, -0.05) is 41.4 Å². The molecule has 0 aromatic heterocycles. The van der Waals surface area contributed by atoms with Gasteiger partial charge in [-0.2, -0.15) is 0 Å². The quantitative estimate of drug-likeness (QED) is 0.569. The molecular formula is C21H18Cl2N2O2S. The lowest BCUT2D eigenvalue weighted by molar-refractivity contribution is -0.123. The van der Waals surface area contributed by atoms with Gasteiger partial charge in [0.15, 0.2) is 0 Å². The smallest absolute Gasteiger partial charge is 0.293 e. The molecule has 28 heavy (non-hydrogen) atoms. The van der Waals surface area contributed by atoms with E-state index in [-0.39, 0.29) is 17.7 Å². The summed E-state index contributed by atoms with van der Waals surface area (Å²) in [7, 11) is 0. The zero-order valence-electron chi connectivity index (χ0n) is 15.0. The van der Waals surface area contributed by atoms with Crippen molar-refractivity contribution in [2.45, 2.75) is 19.4 Å². The third kappa shape index (κ3) is 3.93. The van der Waals surface area contributed by atoms with E-state index in [1.165, 1.54) is 23.4 Å². The third-order valence-electron chi connectivity index (χ3n) is 4.91. The highest BCUT2D eigenvalue weighted by molar-refractivity contribution is 8.18. The van der Waals surface area contributed by atoms with Gasteiger partial charge in [-0.3, -0.25) is 14.5 Å². The summed E-state index contributed by atoms with van der Waals surface area (Å²) in [6, 6.07) is 13.2. The maximum absolute atomic E-state index is 12.7. The van der Waals surface area contributed by atoms with Gasteiger partial charge in [-0.15, -0.1) is 0 Å². The molecule has 7 heteroatoms. The Bertz CT molecular complexity index is 933. The maximum Gasteiger partial charge on any atom is 0.293 e. The number of rotatable bonds is 4. The summed E-state index contributed by atoms with van der Waals surface area (Å²) < 4.78 is 0. The predicted molar refractivity (Wildman–Crippen MR) is 116 cm³/mol. The molecule has 2 fully saturated rings. The SMILES string of the molecule is O=C1S/C(=C\c2ccc(N3CCCC3)cc2)C(=O)N1Cc1c(Cl)cccc1Cl. The Morgan fingerprint density at radius 3 is 2.25 bits per heavy atom. The molecule has 0 bridgehead atoms. The normalized spacial score (nSPS) is 18.6. The van der Waals surface area contributed by atoms with Gasteiger partial charge in [0.1, 0.15) is 0 Å². The van der Waals surface area contributed by atoms with E-state index < -0.39 is 0 Å². The summed E-state index contributed by atoms with van der Waals surface area (Å²) in [5.41, 5.74) is 2.66. The van der Waals surface area contributed by atoms with Gasteiger partial charge in [-0.05, 0) is 60.5 Å². The van der Waals surface area contributed by atoms with Gasteiger partial charge in [0.05, 0.1) is 11.4 Å². The molecule has 0 spiro atoms. The number of benzene rings is 2. The number of hydrogen-bond donors (Lipinski definition) is 0. The highest BCUT2D eigenvalue weighted by Gasteiger charge is 2.35. The van der Waals surface area contributed by atoms with Crippen LogP contribution in [-0.4, -0.2) is 29.1 Å². The van der Waals surface area contributed by atoms with E-state index in [9.17, 15) is 9.59 Å². The van der Waals surface area contributed by atoms with E-state index in [1.807, 2.05) is 12.1 Å². The fourth-order valence-electron chi connectivity index (χ4n) is 3.39. The minimum absolute atomic E-state index is 0.0639. The fraction of sp³-hybridized carbons (Fsp3) is 0.238. The minimum Gasteiger partial charge on any atom is -0.372 e. The Labute approximate surface area is 178 Å². The van der Waals surface area contributed by atoms with E-state index >= 15 is 0 Å². The number of halogens is 2. The molecule has 2 amide bonds. The van der Waals surface area contributed by atoms with Crippen molar-refractivity contribution < 1.29 is 9.59 Å². The molecular weight excluding hydrogens is 415 g/mol. The standard InChI is InChI=1S/C21H18Cl2N2O2S/c22-17-4-3-5-18(23)16(17)13-25-20(26)19(28-21(25)27)12-14-6-8-15(9-7-14)24-10-1-2-11-24/h3-9,12H,1-2,10-11,13H2/b19-12-. The summed E-state index contributed by atoms with van der Waals surface area (Å²) in [5.74, 6) is -0.324. The van der Waals surface area contributed by atoms with Crippen molar-refractivity contribution in [3.63, 3.8) is 0 Å². The van der Waals surface area contributed by atoms with Crippen LogP contribution >= 0.6 is 35.0 Å². The van der Waals surface area contributed by atoms with Crippen LogP contribution in [0.4, 0.5) is 10.5 Å². The number of imide groups is 1. The Morgan fingerprint density at radius 2 is 1.61 bits per heavy atom. The summed E-state index contributed by atoms with van der Waals surface area (Å²) in [5, 5.41) is 0.557. The average molecular weight is 433 g/mol. The van der Waals surface area contributed by atoms with Crippen LogP contribution in [0, 0.1) is 0 Å². The number of hydrogen-bond acceptors (Lipinski definition) is 4. The van der Waals surface area contributed by atoms with Crippen LogP contribution in [0.3, 0.4) is 0 Å². The lowest BCUT2D eigenvalue weighted by Crippen LogP contribution is -2.27. The van der Waals surface area contributed by atoms with Gasteiger partial charge >= 0.3 is 0 Å². The summed E-state index contributed by atoms with van der Waals surface area (Å²) >= 11 is 13.3. The predicted octanol–water partition coefficient (Wildman–Crippen LogP) is 5.83. The molecule has 2 heterocycles. The van der Waals surface area contributed by atoms with Crippen LogP contribution in [0.25, 0.3) is 6.08 Å². The van der Waals surface area contributed by atoms with Crippen molar-refractivity contribution >= 4 is 57.9 Å². The summed E-state index contributed by atoms with van der Waals surface area (Å²) in [6.45, 7) is 2.24. The van der Waals surface area contributed by atoms with E-state index in [0.717, 1.165) is 30.4 Å². The average Bonchev–Trinajstić information content (AvgIpc) is 3.30. The van der Waals surface area contributed by atoms with Crippen molar-refractivity contribution in [3.8, 4) is 0 Å². The number of amides is 2. The molecule has 2 saturated heterocycles. The molecule has 4 nitrogen and oxygen atoms in total. The first-order valence-electron chi connectivity index (χ1n) is 9.06. The van der Waals surface area contributed by atoms with Gasteiger partial charge in [-0.25, -0.2) is 0 Å². The van der Waals surface area contributed by atoms with Crippen molar-refractivity contribution in [2.24, 2.45) is 0 Å². The van der Waals surface area contributed by atoms with E-state index in [2.05, 4.69) is 17.0 Å². The fourth-order valence-corrected chi connectivity index (χ4v) is 4.74. The lowest BCUT2D eigenvalue weighted by Gasteiger charge is -2.17. The minimum atomic E-state index is -0.324. The maximum atomic E-state index is 12.7. The molecule has 0 atom stereocenters. The first-order chi connectivity index (χ1) is 13.5. The molecule has 0 unspecified atom stereocenters. The second-order valence-corrected chi connectivity index (χ2v) is 8.56. The van der Waals surface area contributed by atoms with Crippen LogP contribution in [0.2, 0.25) is 10.0 Å². The number of anilines is 1. The van der Waals surface area contributed by atoms with Crippen molar-refractivity contribution in [2.75, 3.05) is 18.0 Å². The monoisotopic (exact) mass is 432 g/mol. The molecule has 0 radical (unpaired) electrons. The third-order valence-corrected chi connectivity index (χ3v) is 6.53. The zero-order chi connectivity index (χ0) is 19.7. The van der Waals surface area contributed by atoms with Crippen LogP contribution in [0.1, 0.15) is 24.0 Å². The number of carbonyl (C=O) groups is 2. The van der Waals surface area contributed by atoms with E-state index in [4.69, 9.17) is 23.2 Å². The Morgan fingerprint density at radius 1 is 0.964 bits per heavy atom. The van der Waals surface area contributed by atoms with Gasteiger partial charge in [0, 0.05) is 34.4 Å². The Hall–Kier alpha value is -1.95. The van der Waals surface area contributed by atoms with Crippen LogP contribution in [0.15, 0.2) is 47.4 Å². The highest BCUT2D eigenvalue weighted by atomic mass is 35.5. The van der Waals surface area contributed by atoms with E-state index in [1.54, 1.807) is 24.3 Å². The van der Waals surface area contributed by atoms with E-state index in [0.29, 0.717) is 20.5 Å². The molecule has 2 aliphatic heterocycles. The molecule has 2 aliphatic rings. The van der Waals surface area contributed by atoms with Gasteiger partial charge in [0.2, 0.25) is 0 Å². The summed E-state index contributed by atoms with van der Waals surface area (Å²) in [6.07, 6.45) is 4.21. The lowest BCUT2D eigenvalue weighted by atomic mass is 10.1. The Balaban J connectivity index is 1.51. The molecule has 2 aromatic carbocycles. The molecule has 0 N–H and O–H groups in total. The van der Waals surface area contributed by atoms with Crippen LogP contribution < -0.4 is 4.90 Å². The molecule has 144 valence electrons. The summed E-state index contributed by atoms with van der Waals surface area (Å²) in [4.78, 5) is 29.1. The number of carbonyl (C=O) groups excluding carboxylic acids is 2. The molecule has 4 rings (SSSR count). The second kappa shape index (κ2) is 8.19. The second-order valence-electron chi connectivity index (χ2n) is 6.75. The van der Waals surface area contributed by atoms with Crippen molar-refractivity contribution in [1.82, 2.24) is 4.90 Å². The van der Waals surface area contributed by atoms with Crippen LogP contribution in [-0.2, 0) is 11.3 Å². The van der Waals surface area contributed by atoms with Gasteiger partial charge in [0.25, 0.3) is 11.1 Å². The van der Waals surface area contributed by atoms with Crippen LogP contribution in [0.5, 0.6) is 0 Å².